The maximum absolute atomic E-state index is 2.42. The van der Waals surface area contributed by atoms with Crippen molar-refractivity contribution in [2.24, 2.45) is 133 Å². The fourth-order valence-electron chi connectivity index (χ4n) is 18.5. The molecule has 11 rings (SSSR count). The molecule has 13 atom stereocenters. The minimum absolute atomic E-state index is 0.653. The van der Waals surface area contributed by atoms with E-state index in [2.05, 4.69) is 201 Å². The van der Waals surface area contributed by atoms with Gasteiger partial charge < -0.3 is 0 Å². The Morgan fingerprint density at radius 1 is 0.307 bits per heavy atom. The topological polar surface area (TPSA) is 0 Å². The summed E-state index contributed by atoms with van der Waals surface area (Å²) in [6, 6.07) is 0. The third-order valence-corrected chi connectivity index (χ3v) is 28.2. The first kappa shape index (κ1) is 86.0. The molecule has 528 valence electrons. The Bertz CT molecular complexity index is 1540. The first-order chi connectivity index (χ1) is 40.8. The van der Waals surface area contributed by atoms with Crippen LogP contribution in [0.2, 0.25) is 0 Å². The summed E-state index contributed by atoms with van der Waals surface area (Å²) in [7, 11) is 0. The zero-order valence-corrected chi connectivity index (χ0v) is 67.3. The van der Waals surface area contributed by atoms with Gasteiger partial charge in [0.2, 0.25) is 0 Å². The Hall–Kier alpha value is 0. The van der Waals surface area contributed by atoms with Gasteiger partial charge in [0.1, 0.15) is 0 Å². The van der Waals surface area contributed by atoms with Crippen molar-refractivity contribution in [2.45, 2.75) is 432 Å². The van der Waals surface area contributed by atoms with Crippen LogP contribution in [0.4, 0.5) is 0 Å². The van der Waals surface area contributed by atoms with Crippen LogP contribution in [0.5, 0.6) is 0 Å². The van der Waals surface area contributed by atoms with E-state index in [9.17, 15) is 0 Å². The standard InChI is InChI=1S/11C8H16/c2*1-6-4-7(2)8(3)5-6;2*1-7-4-5-8(2,3)6-7;2*1-7-5-4-6-8(7,2)3;1-6-4-5-7(2)8(6)3;1-7(2)8-5-3-4-6-8;2*1-3-8(2)6-4-5-7-8;1-3-8-6-4-5-7(8)2/h2*6-8H,4-5H2,1-3H3;4*7H,4-6H2,1-3H3;6-8H,4-5H2,1-3H3;7-8H,3-6H2,1-2H3;2*3-7H2,1-2H3;7-8H,3-6H2,1-2H3/t6?,7-,8?;;7-;;7-;;;;;;/m0.0.0....../s1. The highest BCUT2D eigenvalue weighted by Gasteiger charge is 2.33. The summed E-state index contributed by atoms with van der Waals surface area (Å²) in [6.07, 6.45) is 52.5. The third kappa shape index (κ3) is 35.7. The molecule has 0 aromatic heterocycles. The van der Waals surface area contributed by atoms with E-state index >= 15 is 0 Å². The van der Waals surface area contributed by atoms with E-state index < -0.39 is 0 Å². The maximum atomic E-state index is 2.42. The molecule has 11 aliphatic rings. The summed E-state index contributed by atoms with van der Waals surface area (Å²) in [5.41, 5.74) is 4.11. The molecule has 0 aliphatic heterocycles. The molecule has 10 unspecified atom stereocenters. The minimum atomic E-state index is 0.653. The molecule has 0 aromatic carbocycles. The lowest BCUT2D eigenvalue weighted by molar-refractivity contribution is 0.281. The quantitative estimate of drug-likeness (QED) is 0.263. The number of hydrogen-bond acceptors (Lipinski definition) is 0. The molecule has 0 nitrogen and oxygen atoms in total. The molecular formula is C88H176. The van der Waals surface area contributed by atoms with E-state index in [1.807, 2.05) is 0 Å². The Kier molecular flexibility index (Phi) is 41.6. The molecule has 0 heteroatoms. The van der Waals surface area contributed by atoms with Gasteiger partial charge in [-0.25, -0.2) is 0 Å². The van der Waals surface area contributed by atoms with Crippen LogP contribution in [-0.4, -0.2) is 0 Å². The van der Waals surface area contributed by atoms with Crippen LogP contribution >= 0.6 is 0 Å². The Morgan fingerprint density at radius 3 is 0.761 bits per heavy atom. The van der Waals surface area contributed by atoms with Gasteiger partial charge in [-0.05, 0) is 223 Å². The van der Waals surface area contributed by atoms with Crippen molar-refractivity contribution in [1.29, 1.82) is 0 Å². The first-order valence-corrected chi connectivity index (χ1v) is 40.8. The fourth-order valence-corrected chi connectivity index (χ4v) is 18.5. The highest BCUT2D eigenvalue weighted by molar-refractivity contribution is 4.85. The van der Waals surface area contributed by atoms with E-state index in [1.165, 1.54) is 231 Å². The molecule has 88 heavy (non-hydrogen) atoms. The van der Waals surface area contributed by atoms with Crippen molar-refractivity contribution < 1.29 is 0 Å². The molecule has 0 saturated heterocycles. The second-order valence-electron chi connectivity index (χ2n) is 39.1. The smallest absolute Gasteiger partial charge is 0.0328 e. The van der Waals surface area contributed by atoms with Crippen molar-refractivity contribution >= 4 is 0 Å². The molecule has 0 amide bonds. The maximum Gasteiger partial charge on any atom is -0.0328 e. The molecule has 11 saturated carbocycles. The van der Waals surface area contributed by atoms with E-state index in [4.69, 9.17) is 0 Å². The van der Waals surface area contributed by atoms with E-state index in [0.29, 0.717) is 21.7 Å². The average molecular weight is 1230 g/mol. The van der Waals surface area contributed by atoms with Gasteiger partial charge in [0.15, 0.2) is 0 Å². The third-order valence-electron chi connectivity index (χ3n) is 28.2. The second-order valence-corrected chi connectivity index (χ2v) is 39.1. The van der Waals surface area contributed by atoms with Gasteiger partial charge in [-0.2, -0.15) is 0 Å². The SMILES string of the molecule is CC(C)C1CCCC1.CC1CC(C)C(C)C1.CC1CC(C)[C@@H](C)C1.CC1CCC(C)(C)C1.CC1CCC(C)C1C.CC1CCCC1(C)C.CCC1(C)CCCC1.CCC1(C)CCCC1.CCC1CCCC1C.C[C@H]1CCC(C)(C)C1.C[C@H]1CCCC1(C)C. The van der Waals surface area contributed by atoms with Crippen LogP contribution in [-0.2, 0) is 0 Å². The predicted molar refractivity (Wildman–Crippen MR) is 405 cm³/mol. The van der Waals surface area contributed by atoms with E-state index in [1.54, 1.807) is 0 Å². The fraction of sp³-hybridized carbons (Fsp3) is 1.00. The summed E-state index contributed by atoms with van der Waals surface area (Å²) in [5, 5.41) is 0. The molecule has 0 heterocycles. The summed E-state index contributed by atoms with van der Waals surface area (Å²) >= 11 is 0. The van der Waals surface area contributed by atoms with Crippen molar-refractivity contribution in [3.8, 4) is 0 Å². The zero-order valence-electron chi connectivity index (χ0n) is 67.3. The summed E-state index contributed by atoms with van der Waals surface area (Å²) in [5.74, 6) is 16.9. The van der Waals surface area contributed by atoms with Gasteiger partial charge in [0, 0.05) is 0 Å². The van der Waals surface area contributed by atoms with Gasteiger partial charge in [-0.3, -0.25) is 0 Å². The number of hydrogen-bond donors (Lipinski definition) is 0. The normalized spacial score (nSPS) is 36.3. The number of rotatable bonds is 4. The lowest BCUT2D eigenvalue weighted by Crippen LogP contribution is -2.13. The Labute approximate surface area is 561 Å². The Morgan fingerprint density at radius 2 is 0.648 bits per heavy atom. The van der Waals surface area contributed by atoms with Crippen molar-refractivity contribution in [3.63, 3.8) is 0 Å². The second kappa shape index (κ2) is 42.5. The molecule has 0 N–H and O–H groups in total. The highest BCUT2D eigenvalue weighted by Crippen LogP contribution is 2.45. The minimum Gasteiger partial charge on any atom is -0.0651 e. The van der Waals surface area contributed by atoms with Crippen LogP contribution < -0.4 is 0 Å². The van der Waals surface area contributed by atoms with Crippen LogP contribution in [0.15, 0.2) is 0 Å². The van der Waals surface area contributed by atoms with Gasteiger partial charge in [-0.1, -0.05) is 342 Å². The molecule has 11 aliphatic carbocycles. The summed E-state index contributed by atoms with van der Waals surface area (Å²) < 4.78 is 0. The van der Waals surface area contributed by atoms with Crippen molar-refractivity contribution in [3.05, 3.63) is 0 Å². The first-order valence-electron chi connectivity index (χ1n) is 40.8. The van der Waals surface area contributed by atoms with Crippen LogP contribution in [0, 0.1) is 133 Å². The largest absolute Gasteiger partial charge is 0.0651 e. The van der Waals surface area contributed by atoms with Gasteiger partial charge in [0.05, 0.1) is 0 Å². The van der Waals surface area contributed by atoms with Crippen LogP contribution in [0.1, 0.15) is 432 Å². The molecule has 11 fully saturated rings. The summed E-state index contributed by atoms with van der Waals surface area (Å²) in [6.45, 7) is 68.6. The lowest BCUT2D eigenvalue weighted by Gasteiger charge is -2.22. The average Bonchev–Trinajstić information content (AvgIpc) is 4.34. The molecular weight excluding hydrogens is 1060 g/mol. The van der Waals surface area contributed by atoms with E-state index in [0.717, 1.165) is 111 Å². The van der Waals surface area contributed by atoms with Gasteiger partial charge in [-0.15, -0.1) is 0 Å². The van der Waals surface area contributed by atoms with Gasteiger partial charge >= 0.3 is 0 Å². The van der Waals surface area contributed by atoms with E-state index in [-0.39, 0.29) is 0 Å². The van der Waals surface area contributed by atoms with Crippen molar-refractivity contribution in [1.82, 2.24) is 0 Å². The van der Waals surface area contributed by atoms with Gasteiger partial charge in [0.25, 0.3) is 0 Å². The highest BCUT2D eigenvalue weighted by atomic mass is 14.4. The predicted octanol–water partition coefficient (Wildman–Crippen LogP) is 31.0. The summed E-state index contributed by atoms with van der Waals surface area (Å²) in [4.78, 5) is 0. The van der Waals surface area contributed by atoms with Crippen LogP contribution in [0.3, 0.4) is 0 Å². The molecule has 0 aromatic rings. The zero-order chi connectivity index (χ0) is 67.3. The van der Waals surface area contributed by atoms with Crippen LogP contribution in [0.25, 0.3) is 0 Å². The molecule has 0 spiro atoms. The lowest BCUT2D eigenvalue weighted by atomic mass is 9.83. The molecule has 0 bridgehead atoms. The molecule has 0 radical (unpaired) electrons. The Balaban J connectivity index is 0.000000484. The monoisotopic (exact) mass is 1230 g/mol. The van der Waals surface area contributed by atoms with Crippen molar-refractivity contribution in [2.75, 3.05) is 0 Å².